The lowest BCUT2D eigenvalue weighted by Gasteiger charge is -2.09. The van der Waals surface area contributed by atoms with E-state index in [0.29, 0.717) is 31.7 Å². The van der Waals surface area contributed by atoms with Crippen molar-refractivity contribution in [3.05, 3.63) is 64.6 Å². The van der Waals surface area contributed by atoms with Crippen LogP contribution in [0.15, 0.2) is 53.5 Å². The number of aryl methyl sites for hydroxylation is 1. The molecule has 0 amide bonds. The maximum absolute atomic E-state index is 12.2. The predicted octanol–water partition coefficient (Wildman–Crippen LogP) is 2.68. The van der Waals surface area contributed by atoms with Crippen LogP contribution in [0.2, 0.25) is 0 Å². The number of hydrogen-bond acceptors (Lipinski definition) is 3. The van der Waals surface area contributed by atoms with E-state index in [1.165, 1.54) is 0 Å². The van der Waals surface area contributed by atoms with E-state index in [2.05, 4.69) is 0 Å². The van der Waals surface area contributed by atoms with Crippen molar-refractivity contribution in [2.45, 2.75) is 32.4 Å². The Morgan fingerprint density at radius 3 is 2.59 bits per heavy atom. The lowest BCUT2D eigenvalue weighted by Crippen LogP contribution is -2.21. The molecule has 1 N–H and O–H groups in total. The summed E-state index contributed by atoms with van der Waals surface area (Å²) in [7, 11) is 0. The van der Waals surface area contributed by atoms with Crippen LogP contribution in [0.1, 0.15) is 24.8 Å². The molecule has 0 aliphatic heterocycles. The first-order chi connectivity index (χ1) is 10.7. The monoisotopic (exact) mass is 301 g/mol. The zero-order chi connectivity index (χ0) is 15.8. The standard InChI is InChI=1S/C17H19NO4/c19-16(20)10-4-5-11-18-12-6-9-15(17(18)21)22-13-14-7-2-1-3-8-14/h1-3,6-9,12H,4-5,10-11,13H2,(H,19,20). The Morgan fingerprint density at radius 1 is 1.09 bits per heavy atom. The third-order valence-electron chi connectivity index (χ3n) is 3.26. The Balaban J connectivity index is 1.94. The number of hydrogen-bond donors (Lipinski definition) is 1. The Morgan fingerprint density at radius 2 is 1.86 bits per heavy atom. The summed E-state index contributed by atoms with van der Waals surface area (Å²) < 4.78 is 7.14. The van der Waals surface area contributed by atoms with Crippen molar-refractivity contribution in [3.8, 4) is 5.75 Å². The van der Waals surface area contributed by atoms with Gasteiger partial charge >= 0.3 is 5.97 Å². The first-order valence-corrected chi connectivity index (χ1v) is 7.25. The van der Waals surface area contributed by atoms with Crippen LogP contribution in [0.25, 0.3) is 0 Å². The molecule has 0 saturated carbocycles. The first kappa shape index (κ1) is 15.8. The minimum atomic E-state index is -0.813. The second kappa shape index (κ2) is 8.02. The summed E-state index contributed by atoms with van der Waals surface area (Å²) in [6, 6.07) is 13.1. The lowest BCUT2D eigenvalue weighted by molar-refractivity contribution is -0.137. The van der Waals surface area contributed by atoms with Gasteiger partial charge in [-0.3, -0.25) is 9.59 Å². The molecule has 0 aliphatic rings. The number of carboxylic acids is 1. The first-order valence-electron chi connectivity index (χ1n) is 7.25. The highest BCUT2D eigenvalue weighted by molar-refractivity contribution is 5.66. The summed E-state index contributed by atoms with van der Waals surface area (Å²) >= 11 is 0. The Bertz CT molecular complexity index is 664. The van der Waals surface area contributed by atoms with Crippen LogP contribution in [-0.2, 0) is 17.9 Å². The number of ether oxygens (including phenoxy) is 1. The van der Waals surface area contributed by atoms with E-state index < -0.39 is 5.97 Å². The van der Waals surface area contributed by atoms with Crippen molar-refractivity contribution in [1.82, 2.24) is 4.57 Å². The number of rotatable bonds is 8. The smallest absolute Gasteiger partial charge is 0.303 e. The van der Waals surface area contributed by atoms with Crippen LogP contribution >= 0.6 is 0 Å². The highest BCUT2D eigenvalue weighted by Crippen LogP contribution is 2.08. The minimum Gasteiger partial charge on any atom is -0.483 e. The maximum atomic E-state index is 12.2. The molecule has 0 atom stereocenters. The second-order valence-corrected chi connectivity index (χ2v) is 5.00. The van der Waals surface area contributed by atoms with Gasteiger partial charge in [0, 0.05) is 19.2 Å². The lowest BCUT2D eigenvalue weighted by atomic mass is 10.2. The number of carboxylic acid groups (broad SMARTS) is 1. The molecule has 116 valence electrons. The fourth-order valence-corrected chi connectivity index (χ4v) is 2.09. The molecular formula is C17H19NO4. The van der Waals surface area contributed by atoms with Gasteiger partial charge in [0.15, 0.2) is 5.75 Å². The Hall–Kier alpha value is -2.56. The van der Waals surface area contributed by atoms with Crippen LogP contribution in [0.4, 0.5) is 0 Å². The molecule has 0 fully saturated rings. The summed E-state index contributed by atoms with van der Waals surface area (Å²) in [5.41, 5.74) is 0.813. The average Bonchev–Trinajstić information content (AvgIpc) is 2.52. The molecular weight excluding hydrogens is 282 g/mol. The molecule has 1 aromatic carbocycles. The van der Waals surface area contributed by atoms with Gasteiger partial charge in [0.1, 0.15) is 6.61 Å². The quantitative estimate of drug-likeness (QED) is 0.761. The Kier molecular flexibility index (Phi) is 5.77. The molecule has 22 heavy (non-hydrogen) atoms. The summed E-state index contributed by atoms with van der Waals surface area (Å²) in [6.45, 7) is 0.841. The van der Waals surface area contributed by atoms with Crippen LogP contribution in [0.5, 0.6) is 5.75 Å². The van der Waals surface area contributed by atoms with Gasteiger partial charge in [-0.05, 0) is 30.5 Å². The molecule has 0 bridgehead atoms. The van der Waals surface area contributed by atoms with Gasteiger partial charge in [-0.2, -0.15) is 0 Å². The highest BCUT2D eigenvalue weighted by Gasteiger charge is 2.05. The molecule has 0 saturated heterocycles. The van der Waals surface area contributed by atoms with Crippen molar-refractivity contribution in [2.24, 2.45) is 0 Å². The van der Waals surface area contributed by atoms with Crippen LogP contribution < -0.4 is 10.3 Å². The number of benzene rings is 1. The third-order valence-corrected chi connectivity index (χ3v) is 3.26. The van der Waals surface area contributed by atoms with Gasteiger partial charge < -0.3 is 14.4 Å². The summed E-state index contributed by atoms with van der Waals surface area (Å²) in [5.74, 6) is -0.503. The van der Waals surface area contributed by atoms with Crippen molar-refractivity contribution in [1.29, 1.82) is 0 Å². The van der Waals surface area contributed by atoms with Crippen molar-refractivity contribution in [2.75, 3.05) is 0 Å². The SMILES string of the molecule is O=C(O)CCCCn1cccc(OCc2ccccc2)c1=O. The third kappa shape index (κ3) is 4.77. The van der Waals surface area contributed by atoms with Crippen LogP contribution in [0, 0.1) is 0 Å². The molecule has 1 aromatic heterocycles. The predicted molar refractivity (Wildman–Crippen MR) is 83.0 cm³/mol. The van der Waals surface area contributed by atoms with Crippen molar-refractivity contribution in [3.63, 3.8) is 0 Å². The Labute approximate surface area is 128 Å². The fraction of sp³-hybridized carbons (Fsp3) is 0.294. The number of carbonyl (C=O) groups is 1. The molecule has 5 heteroatoms. The molecule has 2 rings (SSSR count). The van der Waals surface area contributed by atoms with Crippen LogP contribution in [-0.4, -0.2) is 15.6 Å². The second-order valence-electron chi connectivity index (χ2n) is 5.00. The van der Waals surface area contributed by atoms with E-state index in [-0.39, 0.29) is 12.0 Å². The number of nitrogens with zero attached hydrogens (tertiary/aromatic N) is 1. The van der Waals surface area contributed by atoms with E-state index in [1.54, 1.807) is 22.9 Å². The number of aromatic nitrogens is 1. The zero-order valence-corrected chi connectivity index (χ0v) is 12.3. The fourth-order valence-electron chi connectivity index (χ4n) is 2.09. The molecule has 0 aliphatic carbocycles. The maximum Gasteiger partial charge on any atom is 0.303 e. The van der Waals surface area contributed by atoms with Gasteiger partial charge in [-0.1, -0.05) is 30.3 Å². The van der Waals surface area contributed by atoms with E-state index in [9.17, 15) is 9.59 Å². The van der Waals surface area contributed by atoms with Gasteiger partial charge in [0.05, 0.1) is 0 Å². The zero-order valence-electron chi connectivity index (χ0n) is 12.3. The normalized spacial score (nSPS) is 10.4. The number of aliphatic carboxylic acids is 1. The van der Waals surface area contributed by atoms with Gasteiger partial charge in [0.25, 0.3) is 5.56 Å². The summed E-state index contributed by atoms with van der Waals surface area (Å²) in [5, 5.41) is 8.60. The number of unbranched alkanes of at least 4 members (excludes halogenated alkanes) is 1. The van der Waals surface area contributed by atoms with Crippen LogP contribution in [0.3, 0.4) is 0 Å². The molecule has 1 heterocycles. The molecule has 0 spiro atoms. The van der Waals surface area contributed by atoms with E-state index >= 15 is 0 Å². The van der Waals surface area contributed by atoms with Gasteiger partial charge in [0.2, 0.25) is 0 Å². The molecule has 2 aromatic rings. The van der Waals surface area contributed by atoms with Gasteiger partial charge in [-0.15, -0.1) is 0 Å². The van der Waals surface area contributed by atoms with Crippen molar-refractivity contribution < 1.29 is 14.6 Å². The van der Waals surface area contributed by atoms with E-state index in [4.69, 9.17) is 9.84 Å². The summed E-state index contributed by atoms with van der Waals surface area (Å²) in [6.07, 6.45) is 3.02. The average molecular weight is 301 g/mol. The minimum absolute atomic E-state index is 0.124. The molecule has 0 unspecified atom stereocenters. The topological polar surface area (TPSA) is 68.5 Å². The number of pyridine rings is 1. The van der Waals surface area contributed by atoms with Gasteiger partial charge in [-0.25, -0.2) is 0 Å². The van der Waals surface area contributed by atoms with E-state index in [0.717, 1.165) is 5.56 Å². The largest absolute Gasteiger partial charge is 0.483 e. The molecule has 0 radical (unpaired) electrons. The molecule has 5 nitrogen and oxygen atoms in total. The summed E-state index contributed by atoms with van der Waals surface area (Å²) in [4.78, 5) is 22.7. The highest BCUT2D eigenvalue weighted by atomic mass is 16.5. The van der Waals surface area contributed by atoms with E-state index in [1.807, 2.05) is 30.3 Å². The van der Waals surface area contributed by atoms with Crippen molar-refractivity contribution >= 4 is 5.97 Å².